The summed E-state index contributed by atoms with van der Waals surface area (Å²) >= 11 is 5.79. The van der Waals surface area contributed by atoms with E-state index in [1.54, 1.807) is 6.33 Å². The molecule has 0 aliphatic heterocycles. The van der Waals surface area contributed by atoms with Gasteiger partial charge in [0.15, 0.2) is 5.65 Å². The Morgan fingerprint density at radius 3 is 3.00 bits per heavy atom. The lowest BCUT2D eigenvalue weighted by molar-refractivity contribution is 0.290. The smallest absolute Gasteiger partial charge is 0.244 e. The fourth-order valence-electron chi connectivity index (χ4n) is 1.55. The van der Waals surface area contributed by atoms with Crippen LogP contribution in [-0.2, 0) is 0 Å². The van der Waals surface area contributed by atoms with Crippen LogP contribution in [-0.4, -0.2) is 26.5 Å². The van der Waals surface area contributed by atoms with Crippen LogP contribution in [0.15, 0.2) is 6.33 Å². The van der Waals surface area contributed by atoms with Gasteiger partial charge in [-0.25, -0.2) is 4.98 Å². The number of H-pyrrole nitrogens is 1. The summed E-state index contributed by atoms with van der Waals surface area (Å²) in [6.45, 7) is 5.00. The molecule has 0 bridgehead atoms. The molecule has 0 saturated heterocycles. The van der Waals surface area contributed by atoms with Gasteiger partial charge in [-0.1, -0.05) is 13.8 Å². The number of aromatic amines is 1. The number of nitrogens with zero attached hydrogens (tertiary/aromatic N) is 3. The molecule has 0 radical (unpaired) electrons. The highest BCUT2D eigenvalue weighted by Gasteiger charge is 2.09. The van der Waals surface area contributed by atoms with Crippen molar-refractivity contribution in [2.75, 3.05) is 6.61 Å². The molecule has 0 amide bonds. The van der Waals surface area contributed by atoms with Gasteiger partial charge in [-0.05, 0) is 30.4 Å². The van der Waals surface area contributed by atoms with Crippen molar-refractivity contribution in [2.45, 2.75) is 26.7 Å². The lowest BCUT2D eigenvalue weighted by Gasteiger charge is -2.07. The first-order valence-corrected chi connectivity index (χ1v) is 6.04. The minimum atomic E-state index is 0.156. The molecule has 0 unspecified atom stereocenters. The topological polar surface area (TPSA) is 63.7 Å². The molecule has 0 spiro atoms. The Morgan fingerprint density at radius 1 is 1.41 bits per heavy atom. The van der Waals surface area contributed by atoms with E-state index < -0.39 is 0 Å². The maximum Gasteiger partial charge on any atom is 0.244 e. The van der Waals surface area contributed by atoms with Gasteiger partial charge in [-0.15, -0.1) is 0 Å². The molecule has 2 heterocycles. The Morgan fingerprint density at radius 2 is 2.24 bits per heavy atom. The summed E-state index contributed by atoms with van der Waals surface area (Å²) in [5.41, 5.74) is 1.22. The number of aromatic nitrogens is 4. The normalized spacial score (nSPS) is 11.3. The van der Waals surface area contributed by atoms with E-state index in [2.05, 4.69) is 33.8 Å². The molecule has 2 aromatic rings. The van der Waals surface area contributed by atoms with E-state index in [1.807, 2.05) is 0 Å². The van der Waals surface area contributed by atoms with Crippen LogP contribution in [0.4, 0.5) is 0 Å². The highest BCUT2D eigenvalue weighted by Crippen LogP contribution is 2.21. The molecule has 0 aliphatic carbocycles. The molecule has 0 aromatic carbocycles. The number of imidazole rings is 1. The molecular weight excluding hydrogens is 240 g/mol. The fourth-order valence-corrected chi connectivity index (χ4v) is 1.70. The van der Waals surface area contributed by atoms with Gasteiger partial charge in [0.05, 0.1) is 12.9 Å². The summed E-state index contributed by atoms with van der Waals surface area (Å²) in [6.07, 6.45) is 3.68. The van der Waals surface area contributed by atoms with E-state index in [0.717, 1.165) is 12.8 Å². The molecule has 5 nitrogen and oxygen atoms in total. The van der Waals surface area contributed by atoms with E-state index >= 15 is 0 Å². The van der Waals surface area contributed by atoms with Gasteiger partial charge in [0.25, 0.3) is 0 Å². The van der Waals surface area contributed by atoms with Crippen LogP contribution in [0, 0.1) is 5.92 Å². The Bertz CT molecular complexity index is 497. The van der Waals surface area contributed by atoms with Gasteiger partial charge in [0.2, 0.25) is 11.2 Å². The second kappa shape index (κ2) is 5.31. The minimum Gasteiger partial charge on any atom is -0.476 e. The van der Waals surface area contributed by atoms with E-state index in [0.29, 0.717) is 29.6 Å². The lowest BCUT2D eigenvalue weighted by atomic mass is 10.1. The molecule has 0 atom stereocenters. The predicted molar refractivity (Wildman–Crippen MR) is 66.3 cm³/mol. The van der Waals surface area contributed by atoms with Gasteiger partial charge < -0.3 is 9.72 Å². The van der Waals surface area contributed by atoms with Crippen molar-refractivity contribution in [2.24, 2.45) is 5.92 Å². The number of hydrogen-bond acceptors (Lipinski definition) is 4. The van der Waals surface area contributed by atoms with Crippen molar-refractivity contribution < 1.29 is 4.74 Å². The summed E-state index contributed by atoms with van der Waals surface area (Å²) in [4.78, 5) is 15.0. The van der Waals surface area contributed by atoms with E-state index in [1.165, 1.54) is 0 Å². The third-order valence-corrected chi connectivity index (χ3v) is 2.56. The molecule has 0 fully saturated rings. The standard InChI is InChI=1S/C11H15ClN4O/c1-7(2)4-3-5-17-10-8-9(14-6-13-8)15-11(12)16-10/h6-7H,3-5H2,1-2H3,(H,13,14,15,16). The Balaban J connectivity index is 2.04. The maximum atomic E-state index is 5.79. The van der Waals surface area contributed by atoms with Gasteiger partial charge in [-0.3, -0.25) is 0 Å². The summed E-state index contributed by atoms with van der Waals surface area (Å²) in [6, 6.07) is 0. The Labute approximate surface area is 105 Å². The van der Waals surface area contributed by atoms with Crippen molar-refractivity contribution in [3.8, 4) is 5.88 Å². The van der Waals surface area contributed by atoms with Gasteiger partial charge in [0.1, 0.15) is 5.52 Å². The SMILES string of the molecule is CC(C)CCCOc1nc(Cl)nc2nc[nH]c12. The van der Waals surface area contributed by atoms with Crippen LogP contribution in [0.1, 0.15) is 26.7 Å². The van der Waals surface area contributed by atoms with Gasteiger partial charge >= 0.3 is 0 Å². The van der Waals surface area contributed by atoms with E-state index in [9.17, 15) is 0 Å². The van der Waals surface area contributed by atoms with Crippen molar-refractivity contribution in [1.29, 1.82) is 0 Å². The zero-order valence-electron chi connectivity index (χ0n) is 9.90. The van der Waals surface area contributed by atoms with Crippen molar-refractivity contribution in [3.05, 3.63) is 11.6 Å². The number of hydrogen-bond donors (Lipinski definition) is 1. The Kier molecular flexibility index (Phi) is 3.78. The maximum absolute atomic E-state index is 5.79. The number of nitrogens with one attached hydrogen (secondary N) is 1. The van der Waals surface area contributed by atoms with Crippen LogP contribution >= 0.6 is 11.6 Å². The number of ether oxygens (including phenoxy) is 1. The average molecular weight is 255 g/mol. The van der Waals surface area contributed by atoms with Crippen LogP contribution in [0.5, 0.6) is 5.88 Å². The first-order chi connectivity index (χ1) is 8.16. The molecule has 2 aromatic heterocycles. The van der Waals surface area contributed by atoms with Crippen LogP contribution in [0.2, 0.25) is 5.28 Å². The largest absolute Gasteiger partial charge is 0.476 e. The third kappa shape index (κ3) is 3.06. The summed E-state index contributed by atoms with van der Waals surface area (Å²) in [5.74, 6) is 1.15. The van der Waals surface area contributed by atoms with Crippen LogP contribution in [0.3, 0.4) is 0 Å². The van der Waals surface area contributed by atoms with Gasteiger partial charge in [-0.2, -0.15) is 9.97 Å². The fraction of sp³-hybridized carbons (Fsp3) is 0.545. The second-order valence-corrected chi connectivity index (χ2v) is 4.62. The highest BCUT2D eigenvalue weighted by atomic mass is 35.5. The third-order valence-electron chi connectivity index (χ3n) is 2.39. The van der Waals surface area contributed by atoms with Crippen molar-refractivity contribution >= 4 is 22.8 Å². The zero-order valence-corrected chi connectivity index (χ0v) is 10.7. The molecule has 0 saturated carbocycles. The summed E-state index contributed by atoms with van der Waals surface area (Å²) < 4.78 is 5.60. The molecule has 92 valence electrons. The number of rotatable bonds is 5. The average Bonchev–Trinajstić information content (AvgIpc) is 2.71. The number of fused-ring (bicyclic) bond motifs is 1. The molecular formula is C11H15ClN4O. The van der Waals surface area contributed by atoms with Crippen molar-refractivity contribution in [1.82, 2.24) is 19.9 Å². The molecule has 0 aliphatic rings. The van der Waals surface area contributed by atoms with Crippen molar-refractivity contribution in [3.63, 3.8) is 0 Å². The predicted octanol–water partition coefficient (Wildman–Crippen LogP) is 2.82. The molecule has 1 N–H and O–H groups in total. The lowest BCUT2D eigenvalue weighted by Crippen LogP contribution is -2.02. The second-order valence-electron chi connectivity index (χ2n) is 4.28. The summed E-state index contributed by atoms with van der Waals surface area (Å²) in [5, 5.41) is 0.156. The first kappa shape index (κ1) is 12.1. The molecule has 17 heavy (non-hydrogen) atoms. The van der Waals surface area contributed by atoms with Crippen LogP contribution in [0.25, 0.3) is 11.2 Å². The first-order valence-electron chi connectivity index (χ1n) is 5.66. The van der Waals surface area contributed by atoms with E-state index in [-0.39, 0.29) is 5.28 Å². The monoisotopic (exact) mass is 254 g/mol. The molecule has 2 rings (SSSR count). The molecule has 6 heteroatoms. The van der Waals surface area contributed by atoms with Gasteiger partial charge in [0, 0.05) is 0 Å². The van der Waals surface area contributed by atoms with E-state index in [4.69, 9.17) is 16.3 Å². The van der Waals surface area contributed by atoms with Crippen LogP contribution < -0.4 is 4.74 Å². The zero-order chi connectivity index (χ0) is 12.3. The quantitative estimate of drug-likeness (QED) is 0.658. The number of halogens is 1. The highest BCUT2D eigenvalue weighted by molar-refractivity contribution is 6.28. The minimum absolute atomic E-state index is 0.156. The Hall–Kier alpha value is -1.36. The summed E-state index contributed by atoms with van der Waals surface area (Å²) in [7, 11) is 0.